The Labute approximate surface area is 132 Å². The predicted octanol–water partition coefficient (Wildman–Crippen LogP) is 3.79. The summed E-state index contributed by atoms with van der Waals surface area (Å²) in [6.07, 6.45) is 0. The van der Waals surface area contributed by atoms with Crippen LogP contribution < -0.4 is 20.1 Å². The second-order valence-corrected chi connectivity index (χ2v) is 4.68. The highest BCUT2D eigenvalue weighted by atomic mass is 32.1. The van der Waals surface area contributed by atoms with Crippen molar-refractivity contribution in [2.45, 2.75) is 0 Å². The number of hydrogen-bond donors (Lipinski definition) is 2. The fourth-order valence-electron chi connectivity index (χ4n) is 1.78. The van der Waals surface area contributed by atoms with Gasteiger partial charge in [-0.05, 0) is 36.5 Å². The van der Waals surface area contributed by atoms with Gasteiger partial charge in [-0.3, -0.25) is 0 Å². The zero-order valence-electron chi connectivity index (χ0n) is 11.9. The summed E-state index contributed by atoms with van der Waals surface area (Å²) >= 11 is 5.12. The average molecular weight is 324 g/mol. The fraction of sp³-hybridized carbons (Fsp3) is 0.133. The molecular weight excluding hydrogens is 310 g/mol. The van der Waals surface area contributed by atoms with Crippen LogP contribution in [-0.4, -0.2) is 19.3 Å². The third-order valence-corrected chi connectivity index (χ3v) is 3.04. The first-order chi connectivity index (χ1) is 10.5. The number of anilines is 2. The summed E-state index contributed by atoms with van der Waals surface area (Å²) in [5.41, 5.74) is 0.627. The Bertz CT molecular complexity index is 695. The molecule has 0 aliphatic rings. The molecule has 0 saturated heterocycles. The van der Waals surface area contributed by atoms with Crippen LogP contribution in [0.3, 0.4) is 0 Å². The highest BCUT2D eigenvalue weighted by Gasteiger charge is 2.09. The summed E-state index contributed by atoms with van der Waals surface area (Å²) in [5, 5.41) is 5.67. The lowest BCUT2D eigenvalue weighted by molar-refractivity contribution is 0.405. The number of rotatable bonds is 4. The minimum absolute atomic E-state index is 0.0702. The second-order valence-electron chi connectivity index (χ2n) is 4.27. The van der Waals surface area contributed by atoms with Gasteiger partial charge in [-0.2, -0.15) is 0 Å². The molecule has 7 heteroatoms. The zero-order valence-corrected chi connectivity index (χ0v) is 12.8. The van der Waals surface area contributed by atoms with E-state index in [9.17, 15) is 8.78 Å². The van der Waals surface area contributed by atoms with Crippen molar-refractivity contribution in [3.63, 3.8) is 0 Å². The molecule has 2 rings (SSSR count). The molecule has 0 atom stereocenters. The van der Waals surface area contributed by atoms with Crippen LogP contribution >= 0.6 is 12.2 Å². The number of methoxy groups -OCH3 is 2. The van der Waals surface area contributed by atoms with E-state index in [0.717, 1.165) is 12.1 Å². The standard InChI is InChI=1S/C15H14F2N2O2S/c1-20-10-4-6-14(21-2)13(8-10)19-15(22)18-12-5-3-9(16)7-11(12)17/h3-8H,1-2H3,(H2,18,19,22). The molecule has 0 fully saturated rings. The van der Waals surface area contributed by atoms with Gasteiger partial charge in [-0.1, -0.05) is 0 Å². The van der Waals surface area contributed by atoms with Gasteiger partial charge in [0.05, 0.1) is 25.6 Å². The quantitative estimate of drug-likeness (QED) is 0.838. The lowest BCUT2D eigenvalue weighted by atomic mass is 10.2. The van der Waals surface area contributed by atoms with Crippen LogP contribution in [0.25, 0.3) is 0 Å². The lowest BCUT2D eigenvalue weighted by Crippen LogP contribution is -2.20. The maximum absolute atomic E-state index is 13.6. The molecule has 0 bridgehead atoms. The largest absolute Gasteiger partial charge is 0.497 e. The topological polar surface area (TPSA) is 42.5 Å². The summed E-state index contributed by atoms with van der Waals surface area (Å²) in [5.74, 6) is -0.234. The Balaban J connectivity index is 2.14. The van der Waals surface area contributed by atoms with Crippen molar-refractivity contribution in [2.24, 2.45) is 0 Å². The minimum atomic E-state index is -0.734. The normalized spacial score (nSPS) is 10.0. The maximum Gasteiger partial charge on any atom is 0.175 e. The lowest BCUT2D eigenvalue weighted by Gasteiger charge is -2.14. The number of nitrogens with one attached hydrogen (secondary N) is 2. The second kappa shape index (κ2) is 7.04. The number of benzene rings is 2. The Hall–Kier alpha value is -2.41. The summed E-state index contributed by atoms with van der Waals surface area (Å²) in [7, 11) is 3.05. The minimum Gasteiger partial charge on any atom is -0.497 e. The zero-order chi connectivity index (χ0) is 16.1. The molecule has 0 spiro atoms. The van der Waals surface area contributed by atoms with Crippen molar-refractivity contribution in [3.8, 4) is 11.5 Å². The van der Waals surface area contributed by atoms with Crippen molar-refractivity contribution >= 4 is 28.7 Å². The van der Waals surface area contributed by atoms with E-state index in [2.05, 4.69) is 10.6 Å². The molecule has 2 aromatic carbocycles. The number of thiocarbonyl (C=S) groups is 1. The third kappa shape index (κ3) is 3.82. The van der Waals surface area contributed by atoms with Crippen LogP contribution in [0, 0.1) is 11.6 Å². The molecule has 2 aromatic rings. The Morgan fingerprint density at radius 3 is 2.32 bits per heavy atom. The number of ether oxygens (including phenoxy) is 2. The molecule has 116 valence electrons. The Kier molecular flexibility index (Phi) is 5.11. The maximum atomic E-state index is 13.6. The molecule has 2 N–H and O–H groups in total. The van der Waals surface area contributed by atoms with E-state index in [1.54, 1.807) is 18.2 Å². The smallest absolute Gasteiger partial charge is 0.175 e. The first-order valence-electron chi connectivity index (χ1n) is 6.28. The molecule has 0 aromatic heterocycles. The van der Waals surface area contributed by atoms with E-state index in [1.807, 2.05) is 0 Å². The van der Waals surface area contributed by atoms with E-state index in [1.165, 1.54) is 20.3 Å². The van der Waals surface area contributed by atoms with Crippen molar-refractivity contribution < 1.29 is 18.3 Å². The van der Waals surface area contributed by atoms with Crippen LogP contribution in [0.4, 0.5) is 20.2 Å². The third-order valence-electron chi connectivity index (χ3n) is 2.83. The fourth-order valence-corrected chi connectivity index (χ4v) is 2.00. The van der Waals surface area contributed by atoms with Gasteiger partial charge in [0, 0.05) is 12.1 Å². The van der Waals surface area contributed by atoms with E-state index in [0.29, 0.717) is 17.2 Å². The van der Waals surface area contributed by atoms with Crippen molar-refractivity contribution in [2.75, 3.05) is 24.9 Å². The summed E-state index contributed by atoms with van der Waals surface area (Å²) in [4.78, 5) is 0. The van der Waals surface area contributed by atoms with Gasteiger partial charge in [-0.15, -0.1) is 0 Å². The number of hydrogen-bond acceptors (Lipinski definition) is 3. The first-order valence-corrected chi connectivity index (χ1v) is 6.69. The molecule has 0 aliphatic carbocycles. The van der Waals surface area contributed by atoms with E-state index in [4.69, 9.17) is 21.7 Å². The van der Waals surface area contributed by atoms with E-state index in [-0.39, 0.29) is 10.8 Å². The molecule has 4 nitrogen and oxygen atoms in total. The van der Waals surface area contributed by atoms with Gasteiger partial charge in [0.15, 0.2) is 5.11 Å². The monoisotopic (exact) mass is 324 g/mol. The first kappa shape index (κ1) is 16.0. The van der Waals surface area contributed by atoms with E-state index < -0.39 is 11.6 Å². The van der Waals surface area contributed by atoms with Crippen molar-refractivity contribution in [1.29, 1.82) is 0 Å². The van der Waals surface area contributed by atoms with Crippen molar-refractivity contribution in [3.05, 3.63) is 48.0 Å². The molecular formula is C15H14F2N2O2S. The van der Waals surface area contributed by atoms with Crippen molar-refractivity contribution in [1.82, 2.24) is 0 Å². The van der Waals surface area contributed by atoms with E-state index >= 15 is 0 Å². The predicted molar refractivity (Wildman–Crippen MR) is 85.7 cm³/mol. The highest BCUT2D eigenvalue weighted by Crippen LogP contribution is 2.29. The highest BCUT2D eigenvalue weighted by molar-refractivity contribution is 7.80. The van der Waals surface area contributed by atoms with Gasteiger partial charge in [0.2, 0.25) is 0 Å². The van der Waals surface area contributed by atoms with Gasteiger partial charge >= 0.3 is 0 Å². The molecule has 22 heavy (non-hydrogen) atoms. The Morgan fingerprint density at radius 1 is 0.955 bits per heavy atom. The molecule has 0 aliphatic heterocycles. The van der Waals surface area contributed by atoms with Crippen LogP contribution in [0.15, 0.2) is 36.4 Å². The van der Waals surface area contributed by atoms with Crippen LogP contribution in [-0.2, 0) is 0 Å². The molecule has 0 saturated carbocycles. The summed E-state index contributed by atoms with van der Waals surface area (Å²) < 4.78 is 36.8. The number of halogens is 2. The molecule has 0 amide bonds. The van der Waals surface area contributed by atoms with Gasteiger partial charge < -0.3 is 20.1 Å². The van der Waals surface area contributed by atoms with Crippen LogP contribution in [0.5, 0.6) is 11.5 Å². The van der Waals surface area contributed by atoms with Crippen LogP contribution in [0.1, 0.15) is 0 Å². The SMILES string of the molecule is COc1ccc(OC)c(NC(=S)Nc2ccc(F)cc2F)c1. The van der Waals surface area contributed by atoms with Gasteiger partial charge in [0.25, 0.3) is 0 Å². The molecule has 0 radical (unpaired) electrons. The summed E-state index contributed by atoms with van der Waals surface area (Å²) in [6, 6.07) is 8.31. The summed E-state index contributed by atoms with van der Waals surface area (Å²) in [6.45, 7) is 0. The molecule has 0 heterocycles. The van der Waals surface area contributed by atoms with Gasteiger partial charge in [0.1, 0.15) is 23.1 Å². The van der Waals surface area contributed by atoms with Crippen LogP contribution in [0.2, 0.25) is 0 Å². The van der Waals surface area contributed by atoms with Gasteiger partial charge in [-0.25, -0.2) is 8.78 Å². The average Bonchev–Trinajstić information content (AvgIpc) is 2.50. The molecule has 0 unspecified atom stereocenters. The Morgan fingerprint density at radius 2 is 1.68 bits per heavy atom.